The number of para-hydroxylation sites is 1. The molecule has 160 valence electrons. The first kappa shape index (κ1) is 19.9. The number of aromatic nitrogens is 3. The number of rotatable bonds is 4. The number of hydrogen-bond acceptors (Lipinski definition) is 6. The molecule has 8 nitrogen and oxygen atoms in total. The highest BCUT2D eigenvalue weighted by molar-refractivity contribution is 6.07. The van der Waals surface area contributed by atoms with Crippen LogP contribution in [0.25, 0.3) is 22.3 Å². The quantitative estimate of drug-likeness (QED) is 0.482. The summed E-state index contributed by atoms with van der Waals surface area (Å²) in [7, 11) is 0. The van der Waals surface area contributed by atoms with Crippen molar-refractivity contribution in [3.63, 3.8) is 0 Å². The number of aryl methyl sites for hydroxylation is 2. The van der Waals surface area contributed by atoms with Crippen LogP contribution in [-0.2, 0) is 16.8 Å². The lowest BCUT2D eigenvalue weighted by Gasteiger charge is -2.21. The van der Waals surface area contributed by atoms with Gasteiger partial charge >= 0.3 is 6.03 Å². The van der Waals surface area contributed by atoms with Crippen molar-refractivity contribution in [1.29, 1.82) is 0 Å². The second-order valence-electron chi connectivity index (χ2n) is 8.12. The molecular formula is C24H21N5O3. The first-order valence-corrected chi connectivity index (χ1v) is 10.3. The summed E-state index contributed by atoms with van der Waals surface area (Å²) in [6, 6.07) is 14.7. The SMILES string of the molecule is Cc1nc2ccccc2c(C)c1Cc1nc(-c2cccc(C3(C)NC(=O)NC3=O)c2)no1. The van der Waals surface area contributed by atoms with Crippen LogP contribution in [0.5, 0.6) is 0 Å². The second kappa shape index (κ2) is 7.26. The maximum absolute atomic E-state index is 12.3. The van der Waals surface area contributed by atoms with Gasteiger partial charge in [0.25, 0.3) is 5.91 Å². The Morgan fingerprint density at radius 1 is 1.03 bits per heavy atom. The third-order valence-electron chi connectivity index (χ3n) is 6.02. The summed E-state index contributed by atoms with van der Waals surface area (Å²) in [5.74, 6) is 0.495. The van der Waals surface area contributed by atoms with Crippen molar-refractivity contribution in [1.82, 2.24) is 25.8 Å². The van der Waals surface area contributed by atoms with E-state index < -0.39 is 17.5 Å². The minimum atomic E-state index is -1.15. The van der Waals surface area contributed by atoms with Gasteiger partial charge in [-0.15, -0.1) is 0 Å². The number of urea groups is 1. The van der Waals surface area contributed by atoms with Gasteiger partial charge in [0.1, 0.15) is 5.54 Å². The van der Waals surface area contributed by atoms with Gasteiger partial charge in [-0.2, -0.15) is 4.98 Å². The van der Waals surface area contributed by atoms with Gasteiger partial charge in [0, 0.05) is 16.6 Å². The summed E-state index contributed by atoms with van der Waals surface area (Å²) in [6.07, 6.45) is 0.471. The van der Waals surface area contributed by atoms with Crippen LogP contribution in [0.4, 0.5) is 4.79 Å². The number of pyridine rings is 1. The molecular weight excluding hydrogens is 406 g/mol. The zero-order valence-electron chi connectivity index (χ0n) is 17.9. The number of benzene rings is 2. The molecule has 5 rings (SSSR count). The van der Waals surface area contributed by atoms with E-state index >= 15 is 0 Å². The number of imide groups is 1. The number of carbonyl (C=O) groups excluding carboxylic acids is 2. The zero-order valence-corrected chi connectivity index (χ0v) is 17.9. The largest absolute Gasteiger partial charge is 0.339 e. The number of fused-ring (bicyclic) bond motifs is 1. The molecule has 0 saturated carbocycles. The fourth-order valence-electron chi connectivity index (χ4n) is 4.14. The standard InChI is InChI=1S/C24H21N5O3/c1-13-17-9-4-5-10-19(17)25-14(2)18(13)12-20-26-21(29-32-20)15-7-6-8-16(11-15)24(3)22(30)27-23(31)28-24/h4-11H,12H2,1-3H3,(H2,27,28,30,31). The average molecular weight is 427 g/mol. The highest BCUT2D eigenvalue weighted by Crippen LogP contribution is 2.29. The predicted molar refractivity (Wildman–Crippen MR) is 118 cm³/mol. The van der Waals surface area contributed by atoms with Crippen molar-refractivity contribution in [3.05, 3.63) is 76.8 Å². The van der Waals surface area contributed by atoms with E-state index in [1.807, 2.05) is 31.2 Å². The van der Waals surface area contributed by atoms with Crippen LogP contribution in [-0.4, -0.2) is 27.1 Å². The summed E-state index contributed by atoms with van der Waals surface area (Å²) in [5.41, 5.74) is 4.28. The Morgan fingerprint density at radius 3 is 2.62 bits per heavy atom. The lowest BCUT2D eigenvalue weighted by atomic mass is 9.91. The molecule has 1 aliphatic rings. The number of nitrogens with one attached hydrogen (secondary N) is 2. The van der Waals surface area contributed by atoms with E-state index in [2.05, 4.69) is 33.8 Å². The topological polar surface area (TPSA) is 110 Å². The monoisotopic (exact) mass is 427 g/mol. The van der Waals surface area contributed by atoms with Crippen LogP contribution in [0.2, 0.25) is 0 Å². The Labute approximate surface area is 184 Å². The Balaban J connectivity index is 1.46. The highest BCUT2D eigenvalue weighted by atomic mass is 16.5. The first-order chi connectivity index (χ1) is 15.3. The van der Waals surface area contributed by atoms with Gasteiger partial charge in [0.15, 0.2) is 0 Å². The van der Waals surface area contributed by atoms with Crippen LogP contribution in [0.15, 0.2) is 53.1 Å². The molecule has 1 atom stereocenters. The average Bonchev–Trinajstić information content (AvgIpc) is 3.35. The van der Waals surface area contributed by atoms with E-state index in [0.29, 0.717) is 29.3 Å². The van der Waals surface area contributed by atoms with E-state index in [4.69, 9.17) is 9.51 Å². The summed E-state index contributed by atoms with van der Waals surface area (Å²) in [6.45, 7) is 5.72. The summed E-state index contributed by atoms with van der Waals surface area (Å²) < 4.78 is 5.54. The molecule has 1 unspecified atom stereocenters. The van der Waals surface area contributed by atoms with Crippen LogP contribution >= 0.6 is 0 Å². The molecule has 0 radical (unpaired) electrons. The fourth-order valence-corrected chi connectivity index (χ4v) is 4.14. The molecule has 3 amide bonds. The number of nitrogens with zero attached hydrogens (tertiary/aromatic N) is 3. The lowest BCUT2D eigenvalue weighted by molar-refractivity contribution is -0.123. The Hall–Kier alpha value is -4.07. The molecule has 2 N–H and O–H groups in total. The van der Waals surface area contributed by atoms with E-state index in [1.165, 1.54) is 0 Å². The molecule has 1 aliphatic heterocycles. The van der Waals surface area contributed by atoms with Crippen molar-refractivity contribution >= 4 is 22.8 Å². The van der Waals surface area contributed by atoms with Gasteiger partial charge in [-0.25, -0.2) is 4.79 Å². The van der Waals surface area contributed by atoms with Crippen molar-refractivity contribution in [3.8, 4) is 11.4 Å². The van der Waals surface area contributed by atoms with Crippen LogP contribution in [0, 0.1) is 13.8 Å². The van der Waals surface area contributed by atoms with Gasteiger partial charge in [0.05, 0.1) is 11.9 Å². The van der Waals surface area contributed by atoms with E-state index in [-0.39, 0.29) is 0 Å². The van der Waals surface area contributed by atoms with Gasteiger partial charge < -0.3 is 9.84 Å². The van der Waals surface area contributed by atoms with E-state index in [0.717, 1.165) is 27.7 Å². The fraction of sp³-hybridized carbons (Fsp3) is 0.208. The minimum absolute atomic E-state index is 0.400. The zero-order chi connectivity index (χ0) is 22.5. The van der Waals surface area contributed by atoms with Gasteiger partial charge in [-0.05, 0) is 49.6 Å². The van der Waals surface area contributed by atoms with E-state index in [1.54, 1.807) is 25.1 Å². The normalized spacial score (nSPS) is 18.1. The Bertz CT molecular complexity index is 1390. The summed E-state index contributed by atoms with van der Waals surface area (Å²) in [4.78, 5) is 33.2. The van der Waals surface area contributed by atoms with Gasteiger partial charge in [-0.1, -0.05) is 41.6 Å². The molecule has 4 aromatic rings. The molecule has 2 aromatic heterocycles. The Kier molecular flexibility index (Phi) is 4.51. The Morgan fingerprint density at radius 2 is 1.84 bits per heavy atom. The van der Waals surface area contributed by atoms with Crippen LogP contribution < -0.4 is 10.6 Å². The molecule has 3 heterocycles. The number of carbonyl (C=O) groups is 2. The van der Waals surface area contributed by atoms with E-state index in [9.17, 15) is 9.59 Å². The minimum Gasteiger partial charge on any atom is -0.339 e. The lowest BCUT2D eigenvalue weighted by Crippen LogP contribution is -2.40. The van der Waals surface area contributed by atoms with Crippen molar-refractivity contribution in [2.75, 3.05) is 0 Å². The van der Waals surface area contributed by atoms with Gasteiger partial charge in [0.2, 0.25) is 11.7 Å². The third-order valence-corrected chi connectivity index (χ3v) is 6.02. The molecule has 1 fully saturated rings. The smallest absolute Gasteiger partial charge is 0.322 e. The summed E-state index contributed by atoms with van der Waals surface area (Å²) >= 11 is 0. The maximum atomic E-state index is 12.3. The second-order valence-corrected chi connectivity index (χ2v) is 8.12. The number of amides is 3. The van der Waals surface area contributed by atoms with Crippen molar-refractivity contribution in [2.45, 2.75) is 32.7 Å². The van der Waals surface area contributed by atoms with Crippen LogP contribution in [0.3, 0.4) is 0 Å². The van der Waals surface area contributed by atoms with Crippen LogP contribution in [0.1, 0.15) is 35.2 Å². The van der Waals surface area contributed by atoms with Crippen molar-refractivity contribution in [2.24, 2.45) is 0 Å². The van der Waals surface area contributed by atoms with Crippen molar-refractivity contribution < 1.29 is 14.1 Å². The molecule has 32 heavy (non-hydrogen) atoms. The molecule has 0 bridgehead atoms. The summed E-state index contributed by atoms with van der Waals surface area (Å²) in [5, 5.41) is 10.2. The molecule has 0 spiro atoms. The molecule has 8 heteroatoms. The molecule has 1 saturated heterocycles. The highest BCUT2D eigenvalue weighted by Gasteiger charge is 2.43. The molecule has 2 aromatic carbocycles. The third kappa shape index (κ3) is 3.20. The first-order valence-electron chi connectivity index (χ1n) is 10.3. The molecule has 0 aliphatic carbocycles. The predicted octanol–water partition coefficient (Wildman–Crippen LogP) is 3.55. The number of hydrogen-bond donors (Lipinski definition) is 2. The van der Waals surface area contributed by atoms with Gasteiger partial charge in [-0.3, -0.25) is 15.1 Å². The maximum Gasteiger partial charge on any atom is 0.322 e.